The van der Waals surface area contributed by atoms with Crippen LogP contribution in [-0.2, 0) is 24.2 Å². The molecule has 0 spiro atoms. The zero-order valence-corrected chi connectivity index (χ0v) is 21.1. The second-order valence-corrected chi connectivity index (χ2v) is 9.39. The number of hydrogen-bond donors (Lipinski definition) is 1. The van der Waals surface area contributed by atoms with Crippen molar-refractivity contribution in [3.63, 3.8) is 0 Å². The summed E-state index contributed by atoms with van der Waals surface area (Å²) in [4.78, 5) is 17.1. The third-order valence-electron chi connectivity index (χ3n) is 5.90. The average Bonchev–Trinajstić information content (AvgIpc) is 3.18. The molecule has 5 nitrogen and oxygen atoms in total. The Bertz CT molecular complexity index is 1260. The van der Waals surface area contributed by atoms with E-state index in [1.54, 1.807) is 0 Å². The Kier molecular flexibility index (Phi) is 8.43. The van der Waals surface area contributed by atoms with Crippen molar-refractivity contribution < 1.29 is 9.53 Å². The first kappa shape index (κ1) is 24.8. The van der Waals surface area contributed by atoms with Crippen LogP contribution in [0.5, 0.6) is 5.75 Å². The van der Waals surface area contributed by atoms with E-state index < -0.39 is 0 Å². The quantitative estimate of drug-likeness (QED) is 0.260. The largest absolute Gasteiger partial charge is 0.494 e. The van der Waals surface area contributed by atoms with Crippen molar-refractivity contribution in [1.29, 1.82) is 0 Å². The summed E-state index contributed by atoms with van der Waals surface area (Å²) in [6.45, 7) is 6.28. The van der Waals surface area contributed by atoms with E-state index in [1.807, 2.05) is 36.4 Å². The molecule has 4 rings (SSSR count). The van der Waals surface area contributed by atoms with Crippen LogP contribution < -0.4 is 10.1 Å². The molecule has 0 aliphatic heterocycles. The minimum atomic E-state index is 0.0179. The zero-order valence-electron chi connectivity index (χ0n) is 20.4. The summed E-state index contributed by atoms with van der Waals surface area (Å²) in [5, 5.41) is 3.69. The van der Waals surface area contributed by atoms with Crippen LogP contribution in [0.4, 0.5) is 0 Å². The lowest BCUT2D eigenvalue weighted by Gasteiger charge is -2.12. The number of amides is 1. The number of rotatable bonds is 11. The van der Waals surface area contributed by atoms with Gasteiger partial charge in [0.15, 0.2) is 0 Å². The number of fused-ring (bicyclic) bond motifs is 1. The fourth-order valence-corrected chi connectivity index (χ4v) is 4.45. The Morgan fingerprint density at radius 1 is 1.00 bits per heavy atom. The average molecular weight is 490 g/mol. The van der Waals surface area contributed by atoms with Crippen molar-refractivity contribution in [2.45, 2.75) is 46.1 Å². The number of carbonyl (C=O) groups is 1. The first-order chi connectivity index (χ1) is 17.0. The van der Waals surface area contributed by atoms with Crippen molar-refractivity contribution in [2.24, 2.45) is 0 Å². The van der Waals surface area contributed by atoms with Crippen LogP contribution in [-0.4, -0.2) is 28.6 Å². The molecular formula is C29H32ClN3O2. The molecule has 0 saturated heterocycles. The fraction of sp³-hybridized carbons (Fsp3) is 0.310. The van der Waals surface area contributed by atoms with Gasteiger partial charge in [0, 0.05) is 24.5 Å². The molecule has 0 radical (unpaired) electrons. The second-order valence-electron chi connectivity index (χ2n) is 8.95. The first-order valence-corrected chi connectivity index (χ1v) is 12.5. The van der Waals surface area contributed by atoms with Crippen LogP contribution in [0.25, 0.3) is 11.0 Å². The Balaban J connectivity index is 1.29. The van der Waals surface area contributed by atoms with Crippen LogP contribution in [0, 0.1) is 13.8 Å². The van der Waals surface area contributed by atoms with Gasteiger partial charge in [0.1, 0.15) is 11.6 Å². The Labute approximate surface area is 212 Å². The minimum absolute atomic E-state index is 0.0179. The van der Waals surface area contributed by atoms with Gasteiger partial charge in [-0.05, 0) is 79.8 Å². The third-order valence-corrected chi connectivity index (χ3v) is 6.15. The lowest BCUT2D eigenvalue weighted by atomic mass is 10.1. The number of benzene rings is 3. The summed E-state index contributed by atoms with van der Waals surface area (Å²) in [6.07, 6.45) is 2.87. The Hall–Kier alpha value is -3.31. The van der Waals surface area contributed by atoms with Crippen molar-refractivity contribution in [2.75, 3.05) is 13.2 Å². The van der Waals surface area contributed by atoms with Gasteiger partial charge < -0.3 is 14.6 Å². The van der Waals surface area contributed by atoms with Gasteiger partial charge >= 0.3 is 0 Å². The maximum absolute atomic E-state index is 12.3. The highest BCUT2D eigenvalue weighted by molar-refractivity contribution is 6.30. The molecule has 1 heterocycles. The van der Waals surface area contributed by atoms with E-state index in [9.17, 15) is 4.79 Å². The van der Waals surface area contributed by atoms with Crippen molar-refractivity contribution in [1.82, 2.24) is 14.9 Å². The molecular weight excluding hydrogens is 458 g/mol. The van der Waals surface area contributed by atoms with Crippen LogP contribution in [0.1, 0.15) is 35.4 Å². The van der Waals surface area contributed by atoms with Gasteiger partial charge in [-0.3, -0.25) is 4.79 Å². The minimum Gasteiger partial charge on any atom is -0.494 e. The van der Waals surface area contributed by atoms with Gasteiger partial charge in [-0.25, -0.2) is 4.98 Å². The van der Waals surface area contributed by atoms with E-state index in [1.165, 1.54) is 11.1 Å². The number of aryl methyl sites for hydroxylation is 4. The predicted molar refractivity (Wildman–Crippen MR) is 142 cm³/mol. The molecule has 0 bridgehead atoms. The highest BCUT2D eigenvalue weighted by atomic mass is 35.5. The van der Waals surface area contributed by atoms with Crippen LogP contribution in [0.15, 0.2) is 66.7 Å². The molecule has 0 aliphatic rings. The molecule has 0 atom stereocenters. The molecule has 182 valence electrons. The number of imidazole rings is 1. The van der Waals surface area contributed by atoms with Gasteiger partial charge in [0.05, 0.1) is 24.1 Å². The number of aromatic nitrogens is 2. The summed E-state index contributed by atoms with van der Waals surface area (Å²) < 4.78 is 8.30. The monoisotopic (exact) mass is 489 g/mol. The van der Waals surface area contributed by atoms with E-state index >= 15 is 0 Å². The van der Waals surface area contributed by atoms with E-state index in [-0.39, 0.29) is 5.91 Å². The molecule has 0 unspecified atom stereocenters. The molecule has 3 aromatic carbocycles. The number of carbonyl (C=O) groups excluding carboxylic acids is 1. The number of nitrogens with zero attached hydrogens (tertiary/aromatic N) is 2. The van der Waals surface area contributed by atoms with E-state index in [4.69, 9.17) is 21.3 Å². The fourth-order valence-electron chi connectivity index (χ4n) is 4.32. The highest BCUT2D eigenvalue weighted by Gasteiger charge is 2.11. The van der Waals surface area contributed by atoms with Crippen molar-refractivity contribution >= 4 is 28.5 Å². The molecule has 35 heavy (non-hydrogen) atoms. The Morgan fingerprint density at radius 3 is 2.51 bits per heavy atom. The number of nitrogens with one attached hydrogen (secondary N) is 1. The topological polar surface area (TPSA) is 56.1 Å². The summed E-state index contributed by atoms with van der Waals surface area (Å²) >= 11 is 5.91. The van der Waals surface area contributed by atoms with Gasteiger partial charge in [-0.1, -0.05) is 41.9 Å². The smallest absolute Gasteiger partial charge is 0.224 e. The summed E-state index contributed by atoms with van der Waals surface area (Å²) in [5.74, 6) is 1.99. The van der Waals surface area contributed by atoms with Gasteiger partial charge in [-0.15, -0.1) is 0 Å². The molecule has 0 saturated carbocycles. The summed E-state index contributed by atoms with van der Waals surface area (Å²) in [5.41, 5.74) is 5.52. The van der Waals surface area contributed by atoms with Gasteiger partial charge in [-0.2, -0.15) is 0 Å². The van der Waals surface area contributed by atoms with Crippen LogP contribution >= 0.6 is 11.6 Å². The van der Waals surface area contributed by atoms with Crippen LogP contribution in [0.2, 0.25) is 5.02 Å². The number of hydrogen-bond acceptors (Lipinski definition) is 3. The van der Waals surface area contributed by atoms with Gasteiger partial charge in [0.2, 0.25) is 5.91 Å². The molecule has 1 N–H and O–H groups in total. The molecule has 1 amide bonds. The van der Waals surface area contributed by atoms with Gasteiger partial charge in [0.25, 0.3) is 0 Å². The number of halogens is 1. The summed E-state index contributed by atoms with van der Waals surface area (Å²) in [6, 6.07) is 21.9. The first-order valence-electron chi connectivity index (χ1n) is 12.1. The molecule has 0 aliphatic carbocycles. The van der Waals surface area contributed by atoms with Crippen molar-refractivity contribution in [3.8, 4) is 5.75 Å². The lowest BCUT2D eigenvalue weighted by Crippen LogP contribution is -2.26. The summed E-state index contributed by atoms with van der Waals surface area (Å²) in [7, 11) is 0. The SMILES string of the molecule is Cc1cc(C)cc(OCCCn2c(CCCNC(=O)Cc3ccc(Cl)cc3)nc3ccccc32)c1. The normalized spacial score (nSPS) is 11.1. The number of ether oxygens (including phenoxy) is 1. The van der Waals surface area contributed by atoms with Crippen molar-refractivity contribution in [3.05, 3.63) is 94.3 Å². The standard InChI is InChI=1S/C29H32ClN3O2/c1-21-17-22(2)19-25(18-21)35-16-6-15-33-27-8-4-3-7-26(27)32-28(33)9-5-14-31-29(34)20-23-10-12-24(30)13-11-23/h3-4,7-8,10-13,17-19H,5-6,9,14-16,20H2,1-2H3,(H,31,34). The molecule has 4 aromatic rings. The predicted octanol–water partition coefficient (Wildman–Crippen LogP) is 6.07. The van der Waals surface area contributed by atoms with Crippen LogP contribution in [0.3, 0.4) is 0 Å². The van der Waals surface area contributed by atoms with E-state index in [2.05, 4.69) is 54.1 Å². The second kappa shape index (κ2) is 11.9. The highest BCUT2D eigenvalue weighted by Crippen LogP contribution is 2.19. The van der Waals surface area contributed by atoms with E-state index in [0.717, 1.165) is 54.0 Å². The van der Waals surface area contributed by atoms with E-state index in [0.29, 0.717) is 24.6 Å². The lowest BCUT2D eigenvalue weighted by molar-refractivity contribution is -0.120. The maximum atomic E-state index is 12.3. The Morgan fingerprint density at radius 2 is 1.74 bits per heavy atom. The maximum Gasteiger partial charge on any atom is 0.224 e. The molecule has 6 heteroatoms. The third kappa shape index (κ3) is 7.09. The zero-order chi connectivity index (χ0) is 24.6. The number of para-hydroxylation sites is 2. The molecule has 0 fully saturated rings. The molecule has 1 aromatic heterocycles.